The van der Waals surface area contributed by atoms with E-state index in [2.05, 4.69) is 28.1 Å². The third-order valence-corrected chi connectivity index (χ3v) is 10.4. The minimum absolute atomic E-state index is 0.208. The molecular weight excluding hydrogens is 650 g/mol. The predicted molar refractivity (Wildman–Crippen MR) is 184 cm³/mol. The zero-order valence-corrected chi connectivity index (χ0v) is 28.1. The second kappa shape index (κ2) is 13.9. The first kappa shape index (κ1) is 32.7. The number of nitrogens with zero attached hydrogens (tertiary/aromatic N) is 3. The first-order valence-electron chi connectivity index (χ1n) is 16.4. The molecule has 7 nitrogen and oxygen atoms in total. The summed E-state index contributed by atoms with van der Waals surface area (Å²) in [7, 11) is 0. The third kappa shape index (κ3) is 6.70. The van der Waals surface area contributed by atoms with Crippen LogP contribution in [0.3, 0.4) is 0 Å². The Hall–Kier alpha value is -3.87. The van der Waals surface area contributed by atoms with Crippen molar-refractivity contribution < 1.29 is 18.6 Å². The van der Waals surface area contributed by atoms with Crippen LogP contribution in [0.2, 0.25) is 10.0 Å². The third-order valence-electron chi connectivity index (χ3n) is 9.69. The zero-order chi connectivity index (χ0) is 33.3. The molecule has 4 aromatic rings. The van der Waals surface area contributed by atoms with Crippen LogP contribution in [0.25, 0.3) is 11.1 Å². The van der Waals surface area contributed by atoms with Crippen molar-refractivity contribution in [3.8, 4) is 34.4 Å². The molecular formula is C38H37Cl2FN4O3. The molecule has 0 unspecified atom stereocenters. The highest BCUT2D eigenvalue weighted by Gasteiger charge is 2.52. The van der Waals surface area contributed by atoms with Gasteiger partial charge in [0.1, 0.15) is 42.2 Å². The van der Waals surface area contributed by atoms with Crippen LogP contribution in [0.5, 0.6) is 17.2 Å². The summed E-state index contributed by atoms with van der Waals surface area (Å²) in [6.07, 6.45) is 6.32. The monoisotopic (exact) mass is 686 g/mol. The van der Waals surface area contributed by atoms with E-state index in [0.717, 1.165) is 79.6 Å². The van der Waals surface area contributed by atoms with Gasteiger partial charge in [-0.2, -0.15) is 5.26 Å². The Balaban J connectivity index is 1.02. The normalized spacial score (nSPS) is 18.1. The predicted octanol–water partition coefficient (Wildman–Crippen LogP) is 8.23. The first-order valence-corrected chi connectivity index (χ1v) is 17.2. The lowest BCUT2D eigenvalue weighted by molar-refractivity contribution is -0.102. The molecule has 3 aliphatic rings. The van der Waals surface area contributed by atoms with Crippen molar-refractivity contribution in [3.63, 3.8) is 0 Å². The van der Waals surface area contributed by atoms with E-state index in [1.807, 2.05) is 24.3 Å². The van der Waals surface area contributed by atoms with Crippen LogP contribution in [0.15, 0.2) is 67.0 Å². The summed E-state index contributed by atoms with van der Waals surface area (Å²) >= 11 is 13.6. The largest absolute Gasteiger partial charge is 0.492 e. The molecule has 10 heteroatoms. The van der Waals surface area contributed by atoms with Gasteiger partial charge in [-0.3, -0.25) is 4.98 Å². The summed E-state index contributed by atoms with van der Waals surface area (Å²) in [6.45, 7) is 3.99. The van der Waals surface area contributed by atoms with E-state index in [-0.39, 0.29) is 24.7 Å². The Morgan fingerprint density at radius 3 is 2.60 bits per heavy atom. The molecule has 1 saturated heterocycles. The number of ether oxygens (including phenoxy) is 3. The molecule has 2 N–H and O–H groups in total. The minimum atomic E-state index is -0.597. The van der Waals surface area contributed by atoms with E-state index in [1.165, 1.54) is 11.8 Å². The van der Waals surface area contributed by atoms with Gasteiger partial charge in [-0.1, -0.05) is 53.5 Å². The van der Waals surface area contributed by atoms with Crippen molar-refractivity contribution in [1.29, 1.82) is 5.26 Å². The van der Waals surface area contributed by atoms with Crippen LogP contribution in [0, 0.1) is 16.7 Å². The standard InChI is InChI=1S/C38H37Cl2FN4O3/c39-32-13-26(18-43)35(47-21-25-12-24(17-42)19-44-20-25)14-36(32)48-33-9-8-29-28(4-1-5-30(29)33)31-6-2-7-34(37(31)40)46-11-3-10-45-22-38(23-45)15-27(41)16-38/h1-2,4-7,12-14,19-20,27,33H,3,8-11,15-16,18,21-23,43H2/t33-/m0/s1. The maximum atomic E-state index is 13.3. The van der Waals surface area contributed by atoms with E-state index in [4.69, 9.17) is 43.1 Å². The van der Waals surface area contributed by atoms with Gasteiger partial charge in [0.15, 0.2) is 0 Å². The summed E-state index contributed by atoms with van der Waals surface area (Å²) in [5.41, 5.74) is 12.5. The maximum Gasteiger partial charge on any atom is 0.142 e. The molecule has 1 atom stereocenters. The fraction of sp³-hybridized carbons (Fsp3) is 0.368. The van der Waals surface area contributed by atoms with Crippen LogP contribution in [-0.4, -0.2) is 42.3 Å². The maximum absolute atomic E-state index is 13.3. The molecule has 2 aliphatic carbocycles. The molecule has 3 aromatic carbocycles. The van der Waals surface area contributed by atoms with Gasteiger partial charge in [0, 0.05) is 66.7 Å². The summed E-state index contributed by atoms with van der Waals surface area (Å²) < 4.78 is 32.1. The van der Waals surface area contributed by atoms with Gasteiger partial charge in [0.05, 0.1) is 22.2 Å². The van der Waals surface area contributed by atoms with Gasteiger partial charge in [-0.25, -0.2) is 4.39 Å². The number of nitrogens with two attached hydrogens (primary N) is 1. The first-order chi connectivity index (χ1) is 23.3. The molecule has 1 aromatic heterocycles. The Morgan fingerprint density at radius 1 is 1.00 bits per heavy atom. The average molecular weight is 688 g/mol. The molecule has 7 rings (SSSR count). The number of hydrogen-bond acceptors (Lipinski definition) is 7. The SMILES string of the molecule is N#Cc1cncc(COc2cc(O[C@H]3CCc4c(-c5cccc(OCCCN6CC7(CC(F)C7)C6)c5Cl)cccc43)c(Cl)cc2CN)c1. The minimum Gasteiger partial charge on any atom is -0.492 e. The van der Waals surface area contributed by atoms with E-state index in [0.29, 0.717) is 39.5 Å². The van der Waals surface area contributed by atoms with Gasteiger partial charge in [0.2, 0.25) is 0 Å². The number of hydrogen-bond donors (Lipinski definition) is 1. The Labute approximate surface area is 290 Å². The van der Waals surface area contributed by atoms with Crippen molar-refractivity contribution in [3.05, 3.63) is 105 Å². The molecule has 1 spiro atoms. The number of nitriles is 1. The zero-order valence-electron chi connectivity index (χ0n) is 26.6. The van der Waals surface area contributed by atoms with Crippen LogP contribution < -0.4 is 19.9 Å². The summed E-state index contributed by atoms with van der Waals surface area (Å²) in [5, 5.41) is 10.3. The number of aromatic nitrogens is 1. The lowest BCUT2D eigenvalue weighted by atomic mass is 9.62. The summed E-state index contributed by atoms with van der Waals surface area (Å²) in [6, 6.07) is 19.6. The molecule has 2 fully saturated rings. The number of benzene rings is 3. The van der Waals surface area contributed by atoms with Crippen LogP contribution in [0.1, 0.15) is 59.6 Å². The van der Waals surface area contributed by atoms with Crippen molar-refractivity contribution >= 4 is 23.2 Å². The van der Waals surface area contributed by atoms with Crippen LogP contribution in [-0.2, 0) is 19.6 Å². The molecule has 2 heterocycles. The Bertz CT molecular complexity index is 1850. The number of fused-ring (bicyclic) bond motifs is 1. The Morgan fingerprint density at radius 2 is 1.81 bits per heavy atom. The fourth-order valence-corrected chi connectivity index (χ4v) is 7.91. The summed E-state index contributed by atoms with van der Waals surface area (Å²) in [4.78, 5) is 6.50. The molecule has 1 aliphatic heterocycles. The number of pyridine rings is 1. The van der Waals surface area contributed by atoms with Gasteiger partial charge < -0.3 is 24.8 Å². The number of likely N-dealkylation sites (tertiary alicyclic amines) is 1. The van der Waals surface area contributed by atoms with Crippen LogP contribution >= 0.6 is 23.2 Å². The van der Waals surface area contributed by atoms with E-state index < -0.39 is 6.17 Å². The van der Waals surface area contributed by atoms with Crippen molar-refractivity contribution in [2.45, 2.75) is 57.5 Å². The van der Waals surface area contributed by atoms with Gasteiger partial charge in [0.25, 0.3) is 0 Å². The second-order valence-corrected chi connectivity index (χ2v) is 13.9. The van der Waals surface area contributed by atoms with Gasteiger partial charge in [-0.15, -0.1) is 0 Å². The highest BCUT2D eigenvalue weighted by molar-refractivity contribution is 6.35. The second-order valence-electron chi connectivity index (χ2n) is 13.1. The topological polar surface area (TPSA) is 93.6 Å². The van der Waals surface area contributed by atoms with E-state index in [1.54, 1.807) is 24.4 Å². The fourth-order valence-electron chi connectivity index (χ4n) is 7.39. The quantitative estimate of drug-likeness (QED) is 0.150. The Kier molecular flexibility index (Phi) is 9.48. The highest BCUT2D eigenvalue weighted by Crippen LogP contribution is 2.50. The van der Waals surface area contributed by atoms with Crippen molar-refractivity contribution in [2.75, 3.05) is 26.2 Å². The lowest BCUT2D eigenvalue weighted by Gasteiger charge is -2.57. The van der Waals surface area contributed by atoms with Crippen molar-refractivity contribution in [1.82, 2.24) is 9.88 Å². The van der Waals surface area contributed by atoms with Gasteiger partial charge >= 0.3 is 0 Å². The smallest absolute Gasteiger partial charge is 0.142 e. The molecule has 0 bridgehead atoms. The molecule has 1 saturated carbocycles. The molecule has 48 heavy (non-hydrogen) atoms. The number of alkyl halides is 1. The van der Waals surface area contributed by atoms with E-state index >= 15 is 0 Å². The van der Waals surface area contributed by atoms with E-state index in [9.17, 15) is 9.65 Å². The van der Waals surface area contributed by atoms with Crippen molar-refractivity contribution in [2.24, 2.45) is 11.1 Å². The molecule has 0 amide bonds. The average Bonchev–Trinajstić information content (AvgIpc) is 3.48. The summed E-state index contributed by atoms with van der Waals surface area (Å²) in [5.74, 6) is 1.75. The number of halogens is 3. The van der Waals surface area contributed by atoms with Gasteiger partial charge in [-0.05, 0) is 67.0 Å². The molecule has 0 radical (unpaired) electrons. The number of rotatable bonds is 12. The highest BCUT2D eigenvalue weighted by atomic mass is 35.5. The van der Waals surface area contributed by atoms with Crippen LogP contribution in [0.4, 0.5) is 4.39 Å². The lowest BCUT2D eigenvalue weighted by Crippen LogP contribution is -2.62. The molecule has 248 valence electrons.